The number of nitrogens with two attached hydrogens (primary N) is 1. The van der Waals surface area contributed by atoms with Gasteiger partial charge < -0.3 is 10.5 Å². The van der Waals surface area contributed by atoms with E-state index in [2.05, 4.69) is 4.72 Å². The summed E-state index contributed by atoms with van der Waals surface area (Å²) in [7, 11) is -2.86. The van der Waals surface area contributed by atoms with Gasteiger partial charge in [0.05, 0.1) is 18.5 Å². The van der Waals surface area contributed by atoms with Crippen LogP contribution in [0.15, 0.2) is 47.4 Å². The van der Waals surface area contributed by atoms with Crippen LogP contribution in [-0.4, -0.2) is 26.4 Å². The molecule has 132 valence electrons. The Labute approximate surface area is 143 Å². The number of hydrogen-bond acceptors (Lipinski definition) is 6. The van der Waals surface area contributed by atoms with Crippen molar-refractivity contribution in [3.8, 4) is 5.75 Å². The number of carbonyl (C=O) groups is 1. The highest BCUT2D eigenvalue weighted by atomic mass is 32.2. The normalized spacial score (nSPS) is 10.9. The maximum atomic E-state index is 12.5. The molecule has 0 aliphatic carbocycles. The van der Waals surface area contributed by atoms with Gasteiger partial charge in [0, 0.05) is 17.8 Å². The number of carbonyl (C=O) groups excluding carboxylic acids is 1. The summed E-state index contributed by atoms with van der Waals surface area (Å²) in [5.74, 6) is -0.530. The zero-order chi connectivity index (χ0) is 18.6. The highest BCUT2D eigenvalue weighted by Gasteiger charge is 2.23. The van der Waals surface area contributed by atoms with E-state index in [-0.39, 0.29) is 28.4 Å². The van der Waals surface area contributed by atoms with Gasteiger partial charge in [0.25, 0.3) is 15.7 Å². The average molecular weight is 365 g/mol. The molecular weight excluding hydrogens is 350 g/mol. The Hall–Kier alpha value is -3.14. The molecule has 0 fully saturated rings. The van der Waals surface area contributed by atoms with Gasteiger partial charge in [-0.3, -0.25) is 19.6 Å². The van der Waals surface area contributed by atoms with Crippen LogP contribution in [0.25, 0.3) is 0 Å². The Morgan fingerprint density at radius 1 is 1.24 bits per heavy atom. The van der Waals surface area contributed by atoms with E-state index in [0.717, 1.165) is 12.1 Å². The highest BCUT2D eigenvalue weighted by molar-refractivity contribution is 7.92. The third-order valence-corrected chi connectivity index (χ3v) is 4.63. The van der Waals surface area contributed by atoms with Crippen LogP contribution in [0.4, 0.5) is 11.4 Å². The maximum Gasteiger partial charge on any atom is 0.271 e. The van der Waals surface area contributed by atoms with Crippen LogP contribution in [0, 0.1) is 10.1 Å². The lowest BCUT2D eigenvalue weighted by Crippen LogP contribution is -2.15. The molecule has 2 aromatic carbocycles. The molecule has 0 spiro atoms. The number of nitrogens with one attached hydrogen (secondary N) is 1. The van der Waals surface area contributed by atoms with Crippen molar-refractivity contribution in [1.82, 2.24) is 0 Å². The number of benzene rings is 2. The van der Waals surface area contributed by atoms with E-state index < -0.39 is 20.9 Å². The zero-order valence-corrected chi connectivity index (χ0v) is 13.9. The van der Waals surface area contributed by atoms with Crippen molar-refractivity contribution >= 4 is 27.3 Å². The van der Waals surface area contributed by atoms with Crippen LogP contribution < -0.4 is 15.2 Å². The van der Waals surface area contributed by atoms with Crippen LogP contribution in [0.1, 0.15) is 5.56 Å². The second kappa shape index (κ2) is 7.18. The molecule has 0 aliphatic heterocycles. The van der Waals surface area contributed by atoms with Crippen LogP contribution in [0.5, 0.6) is 5.75 Å². The van der Waals surface area contributed by atoms with Crippen molar-refractivity contribution in [3.63, 3.8) is 0 Å². The van der Waals surface area contributed by atoms with E-state index in [9.17, 15) is 23.3 Å². The van der Waals surface area contributed by atoms with Gasteiger partial charge in [-0.1, -0.05) is 12.1 Å². The quantitative estimate of drug-likeness (QED) is 0.561. The lowest BCUT2D eigenvalue weighted by Gasteiger charge is -2.11. The second-order valence-electron chi connectivity index (χ2n) is 5.04. The average Bonchev–Trinajstić information content (AvgIpc) is 2.55. The Morgan fingerprint density at radius 2 is 1.88 bits per heavy atom. The number of methoxy groups -OCH3 is 1. The van der Waals surface area contributed by atoms with E-state index in [1.165, 1.54) is 25.3 Å². The Bertz CT molecular complexity index is 909. The number of nitrogens with zero attached hydrogens (tertiary/aromatic N) is 1. The third-order valence-electron chi connectivity index (χ3n) is 3.23. The number of primary amides is 1. The van der Waals surface area contributed by atoms with Gasteiger partial charge in [0.2, 0.25) is 5.91 Å². The molecule has 0 aromatic heterocycles. The number of nitro groups is 1. The molecule has 0 atom stereocenters. The number of ether oxygens (including phenoxy) is 1. The summed E-state index contributed by atoms with van der Waals surface area (Å²) in [6.07, 6.45) is 0.0335. The second-order valence-corrected chi connectivity index (χ2v) is 6.69. The molecule has 1 amide bonds. The van der Waals surface area contributed by atoms with Crippen molar-refractivity contribution in [2.24, 2.45) is 5.73 Å². The number of nitro benzene ring substituents is 1. The molecule has 0 bridgehead atoms. The van der Waals surface area contributed by atoms with Gasteiger partial charge in [0.1, 0.15) is 10.6 Å². The third kappa shape index (κ3) is 4.44. The number of anilines is 1. The van der Waals surface area contributed by atoms with Gasteiger partial charge in [-0.05, 0) is 23.8 Å². The van der Waals surface area contributed by atoms with Gasteiger partial charge in [-0.15, -0.1) is 0 Å². The van der Waals surface area contributed by atoms with Gasteiger partial charge >= 0.3 is 0 Å². The molecule has 0 radical (unpaired) electrons. The van der Waals surface area contributed by atoms with Crippen LogP contribution in [0.2, 0.25) is 0 Å². The molecule has 25 heavy (non-hydrogen) atoms. The molecule has 3 N–H and O–H groups in total. The molecule has 0 unspecified atom stereocenters. The lowest BCUT2D eigenvalue weighted by molar-refractivity contribution is -0.385. The zero-order valence-electron chi connectivity index (χ0n) is 13.1. The summed E-state index contributed by atoms with van der Waals surface area (Å²) in [6.45, 7) is 0. The van der Waals surface area contributed by atoms with Crippen molar-refractivity contribution in [2.75, 3.05) is 11.8 Å². The Kier molecular flexibility index (Phi) is 5.22. The van der Waals surface area contributed by atoms with E-state index in [0.29, 0.717) is 5.56 Å². The molecule has 0 saturated heterocycles. The van der Waals surface area contributed by atoms with Crippen LogP contribution in [0.3, 0.4) is 0 Å². The summed E-state index contributed by atoms with van der Waals surface area (Å²) in [6, 6.07) is 9.29. The lowest BCUT2D eigenvalue weighted by atomic mass is 10.1. The summed E-state index contributed by atoms with van der Waals surface area (Å²) >= 11 is 0. The fourth-order valence-corrected chi connectivity index (χ4v) is 3.34. The smallest absolute Gasteiger partial charge is 0.271 e. The number of non-ortho nitro benzene ring substituents is 1. The summed E-state index contributed by atoms with van der Waals surface area (Å²) in [5.41, 5.74) is 5.57. The first-order chi connectivity index (χ1) is 11.7. The van der Waals surface area contributed by atoms with E-state index >= 15 is 0 Å². The van der Waals surface area contributed by atoms with E-state index in [1.807, 2.05) is 0 Å². The summed E-state index contributed by atoms with van der Waals surface area (Å²) in [5, 5.41) is 10.9. The molecule has 0 aliphatic rings. The monoisotopic (exact) mass is 365 g/mol. The van der Waals surface area contributed by atoms with Crippen molar-refractivity contribution in [1.29, 1.82) is 0 Å². The topological polar surface area (TPSA) is 142 Å². The standard InChI is InChI=1S/C15H15N3O6S/c1-24-13-7-6-12(18(20)21)9-14(13)25(22,23)17-11-4-2-10(3-5-11)8-15(16)19/h2-7,9,17H,8H2,1H3,(H2,16,19). The minimum absolute atomic E-state index is 0.0246. The number of sulfonamides is 1. The predicted octanol–water partition coefficient (Wildman–Crippen LogP) is 1.43. The summed E-state index contributed by atoms with van der Waals surface area (Å²) < 4.78 is 32.3. The Morgan fingerprint density at radius 3 is 2.40 bits per heavy atom. The summed E-state index contributed by atoms with van der Waals surface area (Å²) in [4.78, 5) is 20.7. The minimum atomic E-state index is -4.12. The SMILES string of the molecule is COc1ccc([N+](=O)[O-])cc1S(=O)(=O)Nc1ccc(CC(N)=O)cc1. The molecule has 2 rings (SSSR count). The number of amides is 1. The van der Waals surface area contributed by atoms with E-state index in [1.54, 1.807) is 12.1 Å². The first kappa shape index (κ1) is 18.2. The first-order valence-electron chi connectivity index (χ1n) is 6.95. The largest absolute Gasteiger partial charge is 0.495 e. The highest BCUT2D eigenvalue weighted by Crippen LogP contribution is 2.29. The molecule has 0 saturated carbocycles. The van der Waals surface area contributed by atoms with Crippen molar-refractivity contribution < 1.29 is 22.9 Å². The molecule has 0 heterocycles. The fraction of sp³-hybridized carbons (Fsp3) is 0.133. The minimum Gasteiger partial charge on any atom is -0.495 e. The number of rotatable bonds is 7. The fourth-order valence-electron chi connectivity index (χ4n) is 2.09. The molecule has 2 aromatic rings. The van der Waals surface area contributed by atoms with Gasteiger partial charge in [-0.25, -0.2) is 8.42 Å². The predicted molar refractivity (Wildman–Crippen MR) is 89.8 cm³/mol. The Balaban J connectivity index is 2.34. The molecule has 9 nitrogen and oxygen atoms in total. The van der Waals surface area contributed by atoms with E-state index in [4.69, 9.17) is 10.5 Å². The molecule has 10 heteroatoms. The van der Waals surface area contributed by atoms with Crippen LogP contribution >= 0.6 is 0 Å². The molecular formula is C15H15N3O6S. The number of hydrogen-bond donors (Lipinski definition) is 2. The van der Waals surface area contributed by atoms with Gasteiger partial charge in [0.15, 0.2) is 0 Å². The van der Waals surface area contributed by atoms with Crippen molar-refractivity contribution in [3.05, 3.63) is 58.1 Å². The maximum absolute atomic E-state index is 12.5. The van der Waals surface area contributed by atoms with Crippen molar-refractivity contribution in [2.45, 2.75) is 11.3 Å². The van der Waals surface area contributed by atoms with Gasteiger partial charge in [-0.2, -0.15) is 0 Å². The first-order valence-corrected chi connectivity index (χ1v) is 8.44. The van der Waals surface area contributed by atoms with Crippen LogP contribution in [-0.2, 0) is 21.2 Å².